The topological polar surface area (TPSA) is 9.23 Å². The number of hydrogen-bond donors (Lipinski definition) is 0. The molecule has 0 aliphatic heterocycles. The van der Waals surface area contributed by atoms with Gasteiger partial charge in [0, 0.05) is 6.61 Å². The van der Waals surface area contributed by atoms with Crippen LogP contribution < -0.4 is 10.4 Å². The third kappa shape index (κ3) is 3.59. The Kier molecular flexibility index (Phi) is 5.03. The van der Waals surface area contributed by atoms with Gasteiger partial charge in [-0.25, -0.2) is 0 Å². The maximum Gasteiger partial charge on any atom is 0.183 e. The van der Waals surface area contributed by atoms with Gasteiger partial charge in [-0.05, 0) is 95.6 Å². The molecule has 0 bridgehead atoms. The summed E-state index contributed by atoms with van der Waals surface area (Å²) < 4.78 is 6.15. The average molecular weight is 387 g/mol. The lowest BCUT2D eigenvalue weighted by Crippen LogP contribution is -2.25. The predicted octanol–water partition coefficient (Wildman–Crippen LogP) is 5.26. The molecule has 1 nitrogen and oxygen atoms in total. The third-order valence-electron chi connectivity index (χ3n) is 5.57. The summed E-state index contributed by atoms with van der Waals surface area (Å²) in [4.78, 5) is 0. The highest BCUT2D eigenvalue weighted by Gasteiger charge is 2.19. The van der Waals surface area contributed by atoms with E-state index >= 15 is 0 Å². The first kappa shape index (κ1) is 19.2. The predicted molar refractivity (Wildman–Crippen MR) is 123 cm³/mol. The molecule has 2 heteroatoms. The van der Waals surface area contributed by atoms with Gasteiger partial charge in [0.25, 0.3) is 0 Å². The van der Waals surface area contributed by atoms with Crippen LogP contribution in [0, 0.1) is 10.4 Å². The Labute approximate surface area is 169 Å². The number of benzene rings is 2. The number of allylic oxidation sites excluding steroid dienone is 3. The van der Waals surface area contributed by atoms with Gasteiger partial charge in [0.1, 0.15) is 0 Å². The molecule has 0 heterocycles. The van der Waals surface area contributed by atoms with Crippen LogP contribution in [0.25, 0.3) is 17.2 Å². The van der Waals surface area contributed by atoms with Crippen LogP contribution in [-0.2, 0) is 4.43 Å². The summed E-state index contributed by atoms with van der Waals surface area (Å²) in [6.45, 7) is 12.1. The van der Waals surface area contributed by atoms with E-state index in [1.807, 2.05) is 0 Å². The van der Waals surface area contributed by atoms with Crippen LogP contribution >= 0.6 is 0 Å². The van der Waals surface area contributed by atoms with Gasteiger partial charge in [-0.3, -0.25) is 0 Å². The van der Waals surface area contributed by atoms with E-state index in [0.29, 0.717) is 0 Å². The number of fused-ring (bicyclic) bond motifs is 2. The monoisotopic (exact) mass is 386 g/mol. The maximum absolute atomic E-state index is 6.15. The van der Waals surface area contributed by atoms with E-state index in [0.717, 1.165) is 19.4 Å². The highest BCUT2D eigenvalue weighted by molar-refractivity contribution is 6.69. The van der Waals surface area contributed by atoms with E-state index in [1.54, 1.807) is 0 Å². The molecule has 0 spiro atoms. The van der Waals surface area contributed by atoms with Crippen LogP contribution in [0.15, 0.2) is 54.1 Å². The quantitative estimate of drug-likeness (QED) is 0.543. The smallest absolute Gasteiger partial charge is 0.183 e. The zero-order chi connectivity index (χ0) is 19.9. The third-order valence-corrected chi connectivity index (χ3v) is 6.64. The molecular formula is C26H30OSi. The first-order chi connectivity index (χ1) is 13.3. The van der Waals surface area contributed by atoms with Crippen LogP contribution in [0.5, 0.6) is 0 Å². The molecule has 2 aromatic rings. The first-order valence-electron chi connectivity index (χ1n) is 10.3. The van der Waals surface area contributed by atoms with Gasteiger partial charge in [-0.1, -0.05) is 54.1 Å². The molecule has 28 heavy (non-hydrogen) atoms. The highest BCUT2D eigenvalue weighted by atomic mass is 28.4. The molecule has 2 aliphatic carbocycles. The van der Waals surface area contributed by atoms with E-state index in [2.05, 4.69) is 88.1 Å². The second kappa shape index (κ2) is 7.34. The average Bonchev–Trinajstić information content (AvgIpc) is 3.23. The Hall–Kier alpha value is -2.16. The molecular weight excluding hydrogens is 356 g/mol. The summed E-state index contributed by atoms with van der Waals surface area (Å²) >= 11 is 0. The van der Waals surface area contributed by atoms with Crippen molar-refractivity contribution in [1.82, 2.24) is 0 Å². The van der Waals surface area contributed by atoms with Gasteiger partial charge in [0.05, 0.1) is 0 Å². The van der Waals surface area contributed by atoms with Crippen molar-refractivity contribution in [3.05, 3.63) is 86.1 Å². The number of hydrogen-bond acceptors (Lipinski definition) is 1. The normalized spacial score (nSPS) is 14.9. The Morgan fingerprint density at radius 3 is 2.54 bits per heavy atom. The molecule has 0 atom stereocenters. The molecule has 0 N–H and O–H groups in total. The van der Waals surface area contributed by atoms with Gasteiger partial charge in [0.2, 0.25) is 0 Å². The van der Waals surface area contributed by atoms with Crippen molar-refractivity contribution in [3.63, 3.8) is 0 Å². The summed E-state index contributed by atoms with van der Waals surface area (Å²) in [5, 5.41) is 5.44. The molecule has 144 valence electrons. The molecule has 0 radical (unpaired) electrons. The van der Waals surface area contributed by atoms with Crippen molar-refractivity contribution in [1.29, 1.82) is 0 Å². The molecule has 0 amide bonds. The van der Waals surface area contributed by atoms with Gasteiger partial charge >= 0.3 is 0 Å². The Morgan fingerprint density at radius 1 is 1.00 bits per heavy atom. The largest absolute Gasteiger partial charge is 0.417 e. The van der Waals surface area contributed by atoms with Crippen LogP contribution in [0.3, 0.4) is 0 Å². The van der Waals surface area contributed by atoms with E-state index in [9.17, 15) is 0 Å². The van der Waals surface area contributed by atoms with Crippen LogP contribution in [0.4, 0.5) is 0 Å². The standard InChI is InChI=1S/C26H30OSi/c1-18(2)21-13-14-24-22-11-7-6-9-20(22)17-25(24)26(21)23-12-8-10-19(23)15-16-27-28(3,4)5/h6-11,13-14,17H,12,15-16H2,1-5H3. The lowest BCUT2D eigenvalue weighted by atomic mass is 9.91. The minimum absolute atomic E-state index is 0.821. The minimum Gasteiger partial charge on any atom is -0.417 e. The molecule has 2 aliphatic rings. The van der Waals surface area contributed by atoms with Crippen molar-refractivity contribution >= 4 is 25.5 Å². The lowest BCUT2D eigenvalue weighted by molar-refractivity contribution is 0.317. The fourth-order valence-corrected chi connectivity index (χ4v) is 5.00. The summed E-state index contributed by atoms with van der Waals surface area (Å²) in [6.07, 6.45) is 9.03. The summed E-state index contributed by atoms with van der Waals surface area (Å²) in [5.74, 6) is 0. The van der Waals surface area contributed by atoms with Crippen molar-refractivity contribution in [2.75, 3.05) is 6.61 Å². The minimum atomic E-state index is -1.48. The van der Waals surface area contributed by atoms with E-state index in [1.165, 1.54) is 48.7 Å². The van der Waals surface area contributed by atoms with Gasteiger partial charge in [0.15, 0.2) is 8.32 Å². The summed E-state index contributed by atoms with van der Waals surface area (Å²) in [6, 6.07) is 13.4. The van der Waals surface area contributed by atoms with Crippen molar-refractivity contribution < 1.29 is 4.43 Å². The Balaban J connectivity index is 1.89. The van der Waals surface area contributed by atoms with Crippen molar-refractivity contribution in [3.8, 4) is 0 Å². The maximum atomic E-state index is 6.15. The van der Waals surface area contributed by atoms with Crippen LogP contribution in [0.1, 0.15) is 37.8 Å². The SMILES string of the molecule is CC(C)=c1ccc2c(c1C1=C(CCO[Si](C)(C)C)C=CC1)C=c1ccccc1=2. The van der Waals surface area contributed by atoms with Gasteiger partial charge < -0.3 is 4.43 Å². The molecule has 0 aromatic heterocycles. The summed E-state index contributed by atoms with van der Waals surface area (Å²) in [5.41, 5.74) is 7.12. The van der Waals surface area contributed by atoms with Crippen LogP contribution in [0.2, 0.25) is 19.6 Å². The Morgan fingerprint density at radius 2 is 1.79 bits per heavy atom. The highest BCUT2D eigenvalue weighted by Crippen LogP contribution is 2.32. The molecule has 0 saturated carbocycles. The second-order valence-corrected chi connectivity index (χ2v) is 13.5. The van der Waals surface area contributed by atoms with Crippen molar-refractivity contribution in [2.45, 2.75) is 46.3 Å². The van der Waals surface area contributed by atoms with E-state index in [-0.39, 0.29) is 0 Å². The Bertz CT molecular complexity index is 1200. The fourth-order valence-electron chi connectivity index (χ4n) is 4.28. The molecule has 0 fully saturated rings. The van der Waals surface area contributed by atoms with Gasteiger partial charge in [-0.2, -0.15) is 0 Å². The van der Waals surface area contributed by atoms with E-state index in [4.69, 9.17) is 4.43 Å². The molecule has 2 aromatic carbocycles. The molecule has 0 unspecified atom stereocenters. The zero-order valence-corrected chi connectivity index (χ0v) is 18.7. The second-order valence-electron chi connectivity index (χ2n) is 9.00. The molecule has 4 rings (SSSR count). The summed E-state index contributed by atoms with van der Waals surface area (Å²) in [7, 11) is -1.48. The fraction of sp³-hybridized carbons (Fsp3) is 0.308. The number of rotatable bonds is 5. The first-order valence-corrected chi connectivity index (χ1v) is 13.7. The van der Waals surface area contributed by atoms with Crippen molar-refractivity contribution in [2.24, 2.45) is 0 Å². The van der Waals surface area contributed by atoms with Gasteiger partial charge in [-0.15, -0.1) is 0 Å². The van der Waals surface area contributed by atoms with E-state index < -0.39 is 8.32 Å². The molecule has 0 saturated heterocycles. The lowest BCUT2D eigenvalue weighted by Gasteiger charge is -2.18. The zero-order valence-electron chi connectivity index (χ0n) is 17.7. The van der Waals surface area contributed by atoms with Crippen LogP contribution in [-0.4, -0.2) is 14.9 Å².